The highest BCUT2D eigenvalue weighted by Crippen LogP contribution is 2.20. The molecule has 2 aromatic rings. The lowest BCUT2D eigenvalue weighted by molar-refractivity contribution is 0.0570. The Balaban J connectivity index is 1.65. The molecular formula is C21H25N3O3. The summed E-state index contributed by atoms with van der Waals surface area (Å²) in [5.41, 5.74) is 4.69. The first kappa shape index (κ1) is 18.9. The van der Waals surface area contributed by atoms with Crippen molar-refractivity contribution >= 4 is 12.0 Å². The van der Waals surface area contributed by atoms with Gasteiger partial charge in [-0.05, 0) is 50.6 Å². The average molecular weight is 367 g/mol. The van der Waals surface area contributed by atoms with Crippen LogP contribution in [0.3, 0.4) is 0 Å². The van der Waals surface area contributed by atoms with Gasteiger partial charge in [-0.15, -0.1) is 0 Å². The Morgan fingerprint density at radius 3 is 2.22 bits per heavy atom. The van der Waals surface area contributed by atoms with Crippen LogP contribution in [0.1, 0.15) is 28.5 Å². The molecule has 0 spiro atoms. The van der Waals surface area contributed by atoms with Crippen LogP contribution in [0.25, 0.3) is 11.3 Å². The maximum Gasteiger partial charge on any atom is 0.409 e. The minimum Gasteiger partial charge on any atom is -0.450 e. The summed E-state index contributed by atoms with van der Waals surface area (Å²) in [4.78, 5) is 32.5. The normalized spacial score (nSPS) is 14.2. The molecular weight excluding hydrogens is 342 g/mol. The number of aromatic nitrogens is 1. The van der Waals surface area contributed by atoms with Gasteiger partial charge in [0.2, 0.25) is 0 Å². The van der Waals surface area contributed by atoms with Gasteiger partial charge in [-0.25, -0.2) is 4.79 Å². The molecule has 0 aliphatic carbocycles. The zero-order valence-corrected chi connectivity index (χ0v) is 16.1. The van der Waals surface area contributed by atoms with Crippen LogP contribution in [-0.4, -0.2) is 59.6 Å². The summed E-state index contributed by atoms with van der Waals surface area (Å²) < 4.78 is 5.01. The summed E-state index contributed by atoms with van der Waals surface area (Å²) in [5, 5.41) is 0. The van der Waals surface area contributed by atoms with E-state index in [9.17, 15) is 9.59 Å². The summed E-state index contributed by atoms with van der Waals surface area (Å²) in [6, 6.07) is 11.6. The van der Waals surface area contributed by atoms with Crippen LogP contribution >= 0.6 is 0 Å². The molecule has 0 N–H and O–H groups in total. The summed E-state index contributed by atoms with van der Waals surface area (Å²) >= 11 is 0. The number of piperazine rings is 1. The van der Waals surface area contributed by atoms with Crippen molar-refractivity contribution in [3.05, 3.63) is 53.2 Å². The number of benzene rings is 1. The molecule has 1 fully saturated rings. The molecule has 0 bridgehead atoms. The van der Waals surface area contributed by atoms with Gasteiger partial charge >= 0.3 is 6.09 Å². The number of carbonyl (C=O) groups is 2. The van der Waals surface area contributed by atoms with Gasteiger partial charge in [0.1, 0.15) is 0 Å². The third-order valence-corrected chi connectivity index (χ3v) is 4.62. The quantitative estimate of drug-likeness (QED) is 0.835. The van der Waals surface area contributed by atoms with E-state index in [-0.39, 0.29) is 12.0 Å². The van der Waals surface area contributed by atoms with Crippen LogP contribution in [0.5, 0.6) is 0 Å². The van der Waals surface area contributed by atoms with E-state index in [0.717, 1.165) is 22.5 Å². The average Bonchev–Trinajstić information content (AvgIpc) is 2.67. The minimum absolute atomic E-state index is 0.0153. The fraction of sp³-hybridized carbons (Fsp3) is 0.381. The van der Waals surface area contributed by atoms with E-state index in [1.807, 2.05) is 50.2 Å². The minimum atomic E-state index is -0.310. The molecule has 1 aliphatic heterocycles. The molecule has 1 aromatic heterocycles. The zero-order chi connectivity index (χ0) is 19.4. The molecule has 27 heavy (non-hydrogen) atoms. The van der Waals surface area contributed by atoms with Gasteiger partial charge in [-0.3, -0.25) is 9.78 Å². The number of rotatable bonds is 3. The van der Waals surface area contributed by atoms with Crippen molar-refractivity contribution in [2.75, 3.05) is 32.8 Å². The first-order valence-corrected chi connectivity index (χ1v) is 9.24. The number of ether oxygens (including phenoxy) is 1. The Hall–Kier alpha value is -2.89. The molecule has 142 valence electrons. The second-order valence-electron chi connectivity index (χ2n) is 6.73. The largest absolute Gasteiger partial charge is 0.450 e. The molecule has 6 heteroatoms. The second-order valence-corrected chi connectivity index (χ2v) is 6.73. The van der Waals surface area contributed by atoms with Gasteiger partial charge in [-0.1, -0.05) is 12.1 Å². The first-order valence-electron chi connectivity index (χ1n) is 9.24. The van der Waals surface area contributed by atoms with E-state index in [0.29, 0.717) is 38.3 Å². The van der Waals surface area contributed by atoms with Crippen molar-refractivity contribution in [2.45, 2.75) is 20.8 Å². The van der Waals surface area contributed by atoms with E-state index in [1.165, 1.54) is 0 Å². The van der Waals surface area contributed by atoms with Crippen molar-refractivity contribution in [1.29, 1.82) is 0 Å². The van der Waals surface area contributed by atoms with Crippen molar-refractivity contribution in [3.8, 4) is 11.3 Å². The van der Waals surface area contributed by atoms with Gasteiger partial charge in [0, 0.05) is 43.0 Å². The summed E-state index contributed by atoms with van der Waals surface area (Å²) in [7, 11) is 0. The monoisotopic (exact) mass is 367 g/mol. The number of amides is 2. The summed E-state index contributed by atoms with van der Waals surface area (Å²) in [5.74, 6) is -0.0153. The molecule has 1 saturated heterocycles. The maximum absolute atomic E-state index is 12.7. The van der Waals surface area contributed by atoms with Crippen LogP contribution in [-0.2, 0) is 4.74 Å². The second kappa shape index (κ2) is 8.20. The smallest absolute Gasteiger partial charge is 0.409 e. The first-order chi connectivity index (χ1) is 13.0. The fourth-order valence-corrected chi connectivity index (χ4v) is 3.26. The molecule has 0 unspecified atom stereocenters. The Labute approximate surface area is 159 Å². The molecule has 1 aliphatic rings. The van der Waals surface area contributed by atoms with Crippen LogP contribution in [0.15, 0.2) is 36.4 Å². The van der Waals surface area contributed by atoms with Gasteiger partial charge in [0.25, 0.3) is 5.91 Å². The summed E-state index contributed by atoms with van der Waals surface area (Å²) in [6.45, 7) is 8.19. The Morgan fingerprint density at radius 2 is 1.63 bits per heavy atom. The van der Waals surface area contributed by atoms with Crippen molar-refractivity contribution in [3.63, 3.8) is 0 Å². The summed E-state index contributed by atoms with van der Waals surface area (Å²) in [6.07, 6.45) is -0.310. The predicted octanol–water partition coefficient (Wildman–Crippen LogP) is 3.28. The SMILES string of the molecule is CCOC(=O)N1CCN(C(=O)c2ccc(-c3cc(C)cc(C)n3)cc2)CC1. The Morgan fingerprint density at radius 1 is 1.00 bits per heavy atom. The predicted molar refractivity (Wildman–Crippen MR) is 104 cm³/mol. The van der Waals surface area contributed by atoms with E-state index < -0.39 is 0 Å². The number of hydrogen-bond acceptors (Lipinski definition) is 4. The highest BCUT2D eigenvalue weighted by Gasteiger charge is 2.25. The third kappa shape index (κ3) is 4.45. The van der Waals surface area contributed by atoms with E-state index >= 15 is 0 Å². The van der Waals surface area contributed by atoms with Gasteiger partial charge in [0.15, 0.2) is 0 Å². The van der Waals surface area contributed by atoms with Gasteiger partial charge in [0.05, 0.1) is 12.3 Å². The molecule has 0 radical (unpaired) electrons. The highest BCUT2D eigenvalue weighted by atomic mass is 16.6. The number of hydrogen-bond donors (Lipinski definition) is 0. The topological polar surface area (TPSA) is 62.7 Å². The lowest BCUT2D eigenvalue weighted by atomic mass is 10.1. The number of nitrogens with zero attached hydrogens (tertiary/aromatic N) is 3. The fourth-order valence-electron chi connectivity index (χ4n) is 3.26. The van der Waals surface area contributed by atoms with Crippen LogP contribution in [0.2, 0.25) is 0 Å². The molecule has 3 rings (SSSR count). The number of pyridine rings is 1. The molecule has 0 atom stereocenters. The Bertz CT molecular complexity index is 805. The molecule has 6 nitrogen and oxygen atoms in total. The van der Waals surface area contributed by atoms with Crippen LogP contribution < -0.4 is 0 Å². The Kier molecular flexibility index (Phi) is 5.74. The van der Waals surface area contributed by atoms with Crippen molar-refractivity contribution in [1.82, 2.24) is 14.8 Å². The zero-order valence-electron chi connectivity index (χ0n) is 16.1. The lowest BCUT2D eigenvalue weighted by Gasteiger charge is -2.34. The maximum atomic E-state index is 12.7. The van der Waals surface area contributed by atoms with E-state index in [4.69, 9.17) is 4.74 Å². The number of aryl methyl sites for hydroxylation is 2. The molecule has 0 saturated carbocycles. The standard InChI is InChI=1S/C21H25N3O3/c1-4-27-21(26)24-11-9-23(10-12-24)20(25)18-7-5-17(6-8-18)19-14-15(2)13-16(3)22-19/h5-8,13-14H,4,9-12H2,1-3H3. The van der Waals surface area contributed by atoms with Gasteiger partial charge < -0.3 is 14.5 Å². The van der Waals surface area contributed by atoms with Crippen LogP contribution in [0, 0.1) is 13.8 Å². The third-order valence-electron chi connectivity index (χ3n) is 4.62. The van der Waals surface area contributed by atoms with E-state index in [2.05, 4.69) is 4.98 Å². The molecule has 2 heterocycles. The molecule has 1 aromatic carbocycles. The molecule has 2 amide bonds. The van der Waals surface area contributed by atoms with E-state index in [1.54, 1.807) is 16.7 Å². The van der Waals surface area contributed by atoms with Crippen LogP contribution in [0.4, 0.5) is 4.79 Å². The lowest BCUT2D eigenvalue weighted by Crippen LogP contribution is -2.50. The highest BCUT2D eigenvalue weighted by molar-refractivity contribution is 5.94. The van der Waals surface area contributed by atoms with Gasteiger partial charge in [-0.2, -0.15) is 0 Å². The van der Waals surface area contributed by atoms with Crippen molar-refractivity contribution < 1.29 is 14.3 Å². The van der Waals surface area contributed by atoms with Crippen molar-refractivity contribution in [2.24, 2.45) is 0 Å². The number of carbonyl (C=O) groups excluding carboxylic acids is 2.